The van der Waals surface area contributed by atoms with Gasteiger partial charge in [0.25, 0.3) is 0 Å². The topological polar surface area (TPSA) is 83.8 Å². The second-order valence-corrected chi connectivity index (χ2v) is 9.97. The molecule has 0 radical (unpaired) electrons. The van der Waals surface area contributed by atoms with Gasteiger partial charge in [0.1, 0.15) is 6.10 Å². The van der Waals surface area contributed by atoms with Crippen molar-refractivity contribution < 1.29 is 24.5 Å². The third-order valence-electron chi connectivity index (χ3n) is 8.31. The molecular formula is C24H36O5. The maximum atomic E-state index is 13.4. The van der Waals surface area contributed by atoms with E-state index in [1.54, 1.807) is 0 Å². The van der Waals surface area contributed by atoms with Crippen LogP contribution in [0.4, 0.5) is 0 Å². The molecule has 4 aliphatic rings. The van der Waals surface area contributed by atoms with Crippen molar-refractivity contribution in [1.82, 2.24) is 0 Å². The summed E-state index contributed by atoms with van der Waals surface area (Å²) in [6, 6.07) is 0. The molecular weight excluding hydrogens is 368 g/mol. The van der Waals surface area contributed by atoms with E-state index in [1.165, 1.54) is 0 Å². The predicted molar refractivity (Wildman–Crippen MR) is 109 cm³/mol. The first kappa shape index (κ1) is 21.0. The summed E-state index contributed by atoms with van der Waals surface area (Å²) < 4.78 is 5.76. The highest BCUT2D eigenvalue weighted by atomic mass is 16.5. The Kier molecular flexibility index (Phi) is 6.17. The first-order chi connectivity index (χ1) is 13.9. The lowest BCUT2D eigenvalue weighted by atomic mass is 9.66. The van der Waals surface area contributed by atoms with Crippen molar-refractivity contribution in [3.05, 3.63) is 11.6 Å². The van der Waals surface area contributed by atoms with Gasteiger partial charge in [-0.25, -0.2) is 0 Å². The van der Waals surface area contributed by atoms with E-state index in [0.717, 1.165) is 50.5 Å². The van der Waals surface area contributed by atoms with Crippen molar-refractivity contribution in [3.8, 4) is 0 Å². The number of carbonyl (C=O) groups is 2. The average molecular weight is 405 g/mol. The van der Waals surface area contributed by atoms with Gasteiger partial charge in [-0.1, -0.05) is 19.9 Å². The van der Waals surface area contributed by atoms with Crippen LogP contribution in [0.3, 0.4) is 0 Å². The van der Waals surface area contributed by atoms with Crippen molar-refractivity contribution in [1.29, 1.82) is 0 Å². The Morgan fingerprint density at radius 1 is 1.07 bits per heavy atom. The number of Topliss-reactive ketones (excluding diaryl/α,β-unsaturated/α-hetero) is 1. The van der Waals surface area contributed by atoms with Gasteiger partial charge in [0.05, 0.1) is 18.6 Å². The minimum Gasteiger partial charge on any atom is -0.462 e. The molecule has 162 valence electrons. The van der Waals surface area contributed by atoms with E-state index in [-0.39, 0.29) is 48.1 Å². The molecule has 0 aromatic heterocycles. The number of fused-ring (bicyclic) bond motifs is 5. The minimum atomic E-state index is -0.652. The number of rotatable bonds is 1. The Labute approximate surface area is 173 Å². The summed E-state index contributed by atoms with van der Waals surface area (Å²) in [7, 11) is 0. The van der Waals surface area contributed by atoms with Gasteiger partial charge in [0, 0.05) is 11.8 Å². The van der Waals surface area contributed by atoms with Gasteiger partial charge in [-0.15, -0.1) is 0 Å². The van der Waals surface area contributed by atoms with Crippen LogP contribution < -0.4 is 0 Å². The number of carbonyl (C=O) groups excluding carboxylic acids is 2. The van der Waals surface area contributed by atoms with Gasteiger partial charge in [-0.3, -0.25) is 9.59 Å². The molecule has 5 heteroatoms. The maximum absolute atomic E-state index is 13.4. The number of allylic oxidation sites excluding steroid dienone is 2. The molecule has 29 heavy (non-hydrogen) atoms. The fourth-order valence-electron chi connectivity index (χ4n) is 6.65. The van der Waals surface area contributed by atoms with Crippen molar-refractivity contribution >= 4 is 11.8 Å². The number of hydrogen-bond donors (Lipinski definition) is 2. The molecule has 1 saturated heterocycles. The number of cyclic esters (lactones) is 1. The SMILES string of the molecule is CCC1CCCC(O)C(C)C(=O)C2=CC3C4CC(O)CC4CCC3C2CC(=O)O1. The van der Waals surface area contributed by atoms with Gasteiger partial charge in [-0.05, 0) is 80.6 Å². The number of aliphatic hydroxyl groups is 2. The zero-order valence-corrected chi connectivity index (χ0v) is 17.8. The van der Waals surface area contributed by atoms with E-state index >= 15 is 0 Å². The molecule has 0 spiro atoms. The molecule has 1 heterocycles. The molecule has 1 aliphatic heterocycles. The summed E-state index contributed by atoms with van der Waals surface area (Å²) in [5, 5.41) is 20.8. The zero-order chi connectivity index (χ0) is 20.7. The van der Waals surface area contributed by atoms with Gasteiger partial charge < -0.3 is 14.9 Å². The fourth-order valence-corrected chi connectivity index (χ4v) is 6.65. The molecule has 0 aromatic rings. The number of esters is 1. The standard InChI is InChI=1S/C24H36O5/c1-3-16-5-4-6-22(26)13(2)24(28)21-11-19-17(20(21)12-23(27)29-16)8-7-14-9-15(25)10-18(14)19/h11,13-20,22,25-26H,3-10,12H2,1-2H3. The summed E-state index contributed by atoms with van der Waals surface area (Å²) in [6.07, 6.45) is 7.96. The van der Waals surface area contributed by atoms with Crippen LogP contribution in [0.15, 0.2) is 11.6 Å². The Morgan fingerprint density at radius 3 is 2.62 bits per heavy atom. The second-order valence-electron chi connectivity index (χ2n) is 9.97. The van der Waals surface area contributed by atoms with Gasteiger partial charge >= 0.3 is 5.97 Å². The van der Waals surface area contributed by atoms with Crippen LogP contribution in [0.2, 0.25) is 0 Å². The van der Waals surface area contributed by atoms with Crippen LogP contribution in [0.25, 0.3) is 0 Å². The lowest BCUT2D eigenvalue weighted by Crippen LogP contribution is -2.35. The Balaban J connectivity index is 1.63. The Morgan fingerprint density at radius 2 is 1.86 bits per heavy atom. The average Bonchev–Trinajstić information content (AvgIpc) is 3.24. The summed E-state index contributed by atoms with van der Waals surface area (Å²) in [5.41, 5.74) is 0.749. The molecule has 0 aromatic carbocycles. The third-order valence-corrected chi connectivity index (χ3v) is 8.31. The number of ketones is 1. The zero-order valence-electron chi connectivity index (χ0n) is 17.8. The Hall–Kier alpha value is -1.20. The number of hydrogen-bond acceptors (Lipinski definition) is 5. The van der Waals surface area contributed by atoms with Crippen LogP contribution in [0.5, 0.6) is 0 Å². The quantitative estimate of drug-likeness (QED) is 0.654. The third kappa shape index (κ3) is 4.05. The van der Waals surface area contributed by atoms with E-state index in [9.17, 15) is 19.8 Å². The molecule has 2 saturated carbocycles. The van der Waals surface area contributed by atoms with E-state index < -0.39 is 12.0 Å². The largest absolute Gasteiger partial charge is 0.462 e. The smallest absolute Gasteiger partial charge is 0.306 e. The number of ether oxygens (including phenoxy) is 1. The highest BCUT2D eigenvalue weighted by molar-refractivity contribution is 5.99. The van der Waals surface area contributed by atoms with Gasteiger partial charge in [0.15, 0.2) is 5.78 Å². The maximum Gasteiger partial charge on any atom is 0.306 e. The van der Waals surface area contributed by atoms with E-state index in [1.807, 2.05) is 13.8 Å². The van der Waals surface area contributed by atoms with Crippen molar-refractivity contribution in [3.63, 3.8) is 0 Å². The fraction of sp³-hybridized carbons (Fsp3) is 0.833. The highest BCUT2D eigenvalue weighted by Gasteiger charge is 2.51. The molecule has 0 bridgehead atoms. The summed E-state index contributed by atoms with van der Waals surface area (Å²) in [5.74, 6) is 0.746. The summed E-state index contributed by atoms with van der Waals surface area (Å²) >= 11 is 0. The van der Waals surface area contributed by atoms with Crippen LogP contribution in [0.1, 0.15) is 71.6 Å². The first-order valence-corrected chi connectivity index (χ1v) is 11.7. The van der Waals surface area contributed by atoms with Crippen LogP contribution in [-0.4, -0.2) is 40.3 Å². The highest BCUT2D eigenvalue weighted by Crippen LogP contribution is 2.56. The van der Waals surface area contributed by atoms with E-state index in [0.29, 0.717) is 18.3 Å². The molecule has 9 unspecified atom stereocenters. The van der Waals surface area contributed by atoms with E-state index in [4.69, 9.17) is 4.74 Å². The molecule has 2 N–H and O–H groups in total. The van der Waals surface area contributed by atoms with Crippen LogP contribution in [-0.2, 0) is 14.3 Å². The molecule has 5 nitrogen and oxygen atoms in total. The molecule has 0 amide bonds. The lowest BCUT2D eigenvalue weighted by molar-refractivity contribution is -0.151. The normalized spacial score (nSPS) is 45.9. The lowest BCUT2D eigenvalue weighted by Gasteiger charge is -2.38. The number of aliphatic hydroxyl groups excluding tert-OH is 2. The minimum absolute atomic E-state index is 0.00686. The summed E-state index contributed by atoms with van der Waals surface area (Å²) in [6.45, 7) is 3.85. The summed E-state index contributed by atoms with van der Waals surface area (Å²) in [4.78, 5) is 26.1. The van der Waals surface area contributed by atoms with Crippen molar-refractivity contribution in [2.75, 3.05) is 0 Å². The van der Waals surface area contributed by atoms with Crippen LogP contribution in [0, 0.1) is 35.5 Å². The molecule has 3 fully saturated rings. The van der Waals surface area contributed by atoms with Crippen molar-refractivity contribution in [2.45, 2.75) is 89.9 Å². The first-order valence-electron chi connectivity index (χ1n) is 11.7. The Bertz CT molecular complexity index is 670. The molecule has 3 aliphatic carbocycles. The molecule has 4 rings (SSSR count). The van der Waals surface area contributed by atoms with Gasteiger partial charge in [0.2, 0.25) is 0 Å². The van der Waals surface area contributed by atoms with Gasteiger partial charge in [-0.2, -0.15) is 0 Å². The van der Waals surface area contributed by atoms with E-state index in [2.05, 4.69) is 6.08 Å². The predicted octanol–water partition coefficient (Wildman–Crippen LogP) is 3.42. The second kappa shape index (κ2) is 8.50. The van der Waals surface area contributed by atoms with Crippen molar-refractivity contribution in [2.24, 2.45) is 35.5 Å². The monoisotopic (exact) mass is 404 g/mol. The van der Waals surface area contributed by atoms with Crippen LogP contribution >= 0.6 is 0 Å². The molecule has 9 atom stereocenters.